The molecule has 0 bridgehead atoms. The van der Waals surface area contributed by atoms with Gasteiger partial charge in [0.2, 0.25) is 10.0 Å². The molecular weight excluding hydrogens is 312 g/mol. The summed E-state index contributed by atoms with van der Waals surface area (Å²) in [6.45, 7) is 4.80. The van der Waals surface area contributed by atoms with Gasteiger partial charge < -0.3 is 5.11 Å². The Hall–Kier alpha value is -2.00. The van der Waals surface area contributed by atoms with E-state index >= 15 is 0 Å². The Bertz CT molecular complexity index is 686. The monoisotopic (exact) mass is 330 g/mol. The topological polar surface area (TPSA) is 127 Å². The van der Waals surface area contributed by atoms with Crippen LogP contribution in [0, 0.1) is 23.0 Å². The highest BCUT2D eigenvalue weighted by Gasteiger charge is 2.29. The molecular formula is C13H18N2O6S. The fraction of sp³-hybridized carbons (Fsp3) is 0.462. The van der Waals surface area contributed by atoms with E-state index in [4.69, 9.17) is 5.11 Å². The number of nitro groups is 1. The number of rotatable bonds is 7. The van der Waals surface area contributed by atoms with Crippen LogP contribution in [-0.4, -0.2) is 30.5 Å². The minimum absolute atomic E-state index is 0.184. The molecule has 9 heteroatoms. The Morgan fingerprint density at radius 1 is 1.45 bits per heavy atom. The SMILES string of the molecule is CC[C@H](C)[C@H](NS(=O)(=O)c1ccc([N+](=O)[O-])c(C)c1)C(=O)O. The second-order valence-electron chi connectivity index (χ2n) is 5.03. The number of aryl methyl sites for hydroxylation is 1. The molecule has 0 aliphatic heterocycles. The van der Waals surface area contributed by atoms with E-state index in [-0.39, 0.29) is 16.1 Å². The smallest absolute Gasteiger partial charge is 0.322 e. The van der Waals surface area contributed by atoms with Crippen LogP contribution in [0.2, 0.25) is 0 Å². The van der Waals surface area contributed by atoms with Gasteiger partial charge >= 0.3 is 5.97 Å². The summed E-state index contributed by atoms with van der Waals surface area (Å²) in [5.74, 6) is -1.66. The van der Waals surface area contributed by atoms with Crippen molar-refractivity contribution in [2.75, 3.05) is 0 Å². The highest BCUT2D eigenvalue weighted by Crippen LogP contribution is 2.22. The summed E-state index contributed by atoms with van der Waals surface area (Å²) in [5.41, 5.74) is -0.0149. The van der Waals surface area contributed by atoms with Crippen molar-refractivity contribution >= 4 is 21.7 Å². The molecule has 122 valence electrons. The van der Waals surface area contributed by atoms with Crippen LogP contribution in [0.15, 0.2) is 23.1 Å². The molecule has 0 spiro atoms. The largest absolute Gasteiger partial charge is 0.480 e. The number of aliphatic carboxylic acids is 1. The zero-order valence-corrected chi connectivity index (χ0v) is 13.3. The molecule has 0 aromatic heterocycles. The third kappa shape index (κ3) is 4.01. The average Bonchev–Trinajstić information content (AvgIpc) is 2.43. The molecule has 0 heterocycles. The number of sulfonamides is 1. The van der Waals surface area contributed by atoms with Crippen molar-refractivity contribution in [1.29, 1.82) is 0 Å². The van der Waals surface area contributed by atoms with E-state index in [1.807, 2.05) is 0 Å². The van der Waals surface area contributed by atoms with Crippen molar-refractivity contribution in [3.05, 3.63) is 33.9 Å². The number of nitrogens with zero attached hydrogens (tertiary/aromatic N) is 1. The predicted molar refractivity (Wildman–Crippen MR) is 79.0 cm³/mol. The molecule has 0 unspecified atom stereocenters. The van der Waals surface area contributed by atoms with E-state index in [2.05, 4.69) is 4.72 Å². The minimum Gasteiger partial charge on any atom is -0.480 e. The maximum atomic E-state index is 12.3. The lowest BCUT2D eigenvalue weighted by molar-refractivity contribution is -0.385. The number of hydrogen-bond donors (Lipinski definition) is 2. The van der Waals surface area contributed by atoms with E-state index < -0.39 is 32.9 Å². The van der Waals surface area contributed by atoms with Crippen molar-refractivity contribution in [3.63, 3.8) is 0 Å². The normalized spacial score (nSPS) is 14.3. The molecule has 0 fully saturated rings. The van der Waals surface area contributed by atoms with Gasteiger partial charge in [-0.2, -0.15) is 4.72 Å². The van der Waals surface area contributed by atoms with Crippen LogP contribution in [0.3, 0.4) is 0 Å². The first kappa shape index (κ1) is 18.1. The lowest BCUT2D eigenvalue weighted by atomic mass is 10.0. The molecule has 2 atom stereocenters. The summed E-state index contributed by atoms with van der Waals surface area (Å²) >= 11 is 0. The molecule has 0 radical (unpaired) electrons. The summed E-state index contributed by atoms with van der Waals surface area (Å²) in [6.07, 6.45) is 0.485. The summed E-state index contributed by atoms with van der Waals surface area (Å²) in [5, 5.41) is 19.9. The van der Waals surface area contributed by atoms with Crippen LogP contribution < -0.4 is 4.72 Å². The fourth-order valence-corrected chi connectivity index (χ4v) is 3.26. The Balaban J connectivity index is 3.16. The second-order valence-corrected chi connectivity index (χ2v) is 6.74. The Labute approximate surface area is 128 Å². The molecule has 0 amide bonds. The van der Waals surface area contributed by atoms with E-state index in [0.717, 1.165) is 18.2 Å². The third-order valence-electron chi connectivity index (χ3n) is 3.44. The van der Waals surface area contributed by atoms with Crippen LogP contribution in [0.4, 0.5) is 5.69 Å². The van der Waals surface area contributed by atoms with Crippen LogP contribution in [0.1, 0.15) is 25.8 Å². The number of carboxylic acid groups (broad SMARTS) is 1. The number of nitrogens with one attached hydrogen (secondary N) is 1. The van der Waals surface area contributed by atoms with E-state index in [9.17, 15) is 23.3 Å². The standard InChI is InChI=1S/C13H18N2O6S/c1-4-8(2)12(13(16)17)14-22(20,21)10-5-6-11(15(18)19)9(3)7-10/h5-8,12,14H,4H2,1-3H3,(H,16,17)/t8-,12-/m0/s1. The molecule has 0 aliphatic rings. The summed E-state index contributed by atoms with van der Waals surface area (Å²) < 4.78 is 26.7. The van der Waals surface area contributed by atoms with Crippen molar-refractivity contribution < 1.29 is 23.2 Å². The maximum absolute atomic E-state index is 12.3. The van der Waals surface area contributed by atoms with Gasteiger partial charge in [0.05, 0.1) is 9.82 Å². The maximum Gasteiger partial charge on any atom is 0.322 e. The molecule has 22 heavy (non-hydrogen) atoms. The van der Waals surface area contributed by atoms with Crippen LogP contribution >= 0.6 is 0 Å². The number of nitro benzene ring substituents is 1. The van der Waals surface area contributed by atoms with E-state index in [1.165, 1.54) is 6.92 Å². The zero-order chi connectivity index (χ0) is 17.1. The lowest BCUT2D eigenvalue weighted by Crippen LogP contribution is -2.44. The average molecular weight is 330 g/mol. The van der Waals surface area contributed by atoms with Crippen molar-refractivity contribution in [2.24, 2.45) is 5.92 Å². The first-order valence-electron chi connectivity index (χ1n) is 6.60. The quantitative estimate of drug-likeness (QED) is 0.578. The van der Waals surface area contributed by atoms with Crippen LogP contribution in [0.25, 0.3) is 0 Å². The Kier molecular flexibility index (Phi) is 5.61. The van der Waals surface area contributed by atoms with Crippen LogP contribution in [-0.2, 0) is 14.8 Å². The molecule has 2 N–H and O–H groups in total. The summed E-state index contributed by atoms with van der Waals surface area (Å²) in [4.78, 5) is 21.1. The van der Waals surface area contributed by atoms with Gasteiger partial charge in [0.25, 0.3) is 5.69 Å². The number of carboxylic acids is 1. The van der Waals surface area contributed by atoms with Crippen molar-refractivity contribution in [3.8, 4) is 0 Å². The van der Waals surface area contributed by atoms with Crippen molar-refractivity contribution in [1.82, 2.24) is 4.72 Å². The van der Waals surface area contributed by atoms with E-state index in [0.29, 0.717) is 6.42 Å². The summed E-state index contributed by atoms with van der Waals surface area (Å²) in [7, 11) is -4.08. The van der Waals surface area contributed by atoms with Gasteiger partial charge in [0, 0.05) is 11.6 Å². The molecule has 0 saturated heterocycles. The van der Waals surface area contributed by atoms with E-state index in [1.54, 1.807) is 13.8 Å². The Morgan fingerprint density at radius 2 is 2.05 bits per heavy atom. The highest BCUT2D eigenvalue weighted by molar-refractivity contribution is 7.89. The molecule has 1 aromatic rings. The van der Waals surface area contributed by atoms with Gasteiger partial charge in [-0.3, -0.25) is 14.9 Å². The third-order valence-corrected chi connectivity index (χ3v) is 4.88. The van der Waals surface area contributed by atoms with Gasteiger partial charge in [0.15, 0.2) is 0 Å². The summed E-state index contributed by atoms with van der Waals surface area (Å²) in [6, 6.07) is 2.06. The number of benzene rings is 1. The molecule has 8 nitrogen and oxygen atoms in total. The molecule has 1 aromatic carbocycles. The molecule has 0 aliphatic carbocycles. The lowest BCUT2D eigenvalue weighted by Gasteiger charge is -2.20. The fourth-order valence-electron chi connectivity index (χ4n) is 1.88. The second kappa shape index (κ2) is 6.84. The molecule has 1 rings (SSSR count). The first-order chi connectivity index (χ1) is 10.1. The van der Waals surface area contributed by atoms with Gasteiger partial charge in [0.1, 0.15) is 6.04 Å². The van der Waals surface area contributed by atoms with Gasteiger partial charge in [-0.1, -0.05) is 20.3 Å². The first-order valence-corrected chi connectivity index (χ1v) is 8.08. The van der Waals surface area contributed by atoms with Crippen molar-refractivity contribution in [2.45, 2.75) is 38.1 Å². The zero-order valence-electron chi connectivity index (χ0n) is 12.4. The van der Waals surface area contributed by atoms with Gasteiger partial charge in [-0.05, 0) is 25.0 Å². The predicted octanol–water partition coefficient (Wildman–Crippen LogP) is 1.68. The minimum atomic E-state index is -4.08. The van der Waals surface area contributed by atoms with Crippen LogP contribution in [0.5, 0.6) is 0 Å². The Morgan fingerprint density at radius 3 is 2.45 bits per heavy atom. The molecule has 0 saturated carbocycles. The van der Waals surface area contributed by atoms with Gasteiger partial charge in [-0.15, -0.1) is 0 Å². The highest BCUT2D eigenvalue weighted by atomic mass is 32.2. The number of carbonyl (C=O) groups is 1. The van der Waals surface area contributed by atoms with Gasteiger partial charge in [-0.25, -0.2) is 8.42 Å². The number of hydrogen-bond acceptors (Lipinski definition) is 5.